The summed E-state index contributed by atoms with van der Waals surface area (Å²) in [7, 11) is 0. The van der Waals surface area contributed by atoms with E-state index in [1.165, 1.54) is 11.6 Å². The van der Waals surface area contributed by atoms with Gasteiger partial charge >= 0.3 is 0 Å². The van der Waals surface area contributed by atoms with Gasteiger partial charge in [0.15, 0.2) is 0 Å². The maximum atomic E-state index is 13.8. The van der Waals surface area contributed by atoms with Crippen LogP contribution in [-0.2, 0) is 17.8 Å². The van der Waals surface area contributed by atoms with Crippen molar-refractivity contribution in [2.24, 2.45) is 11.8 Å². The number of aryl methyl sites for hydroxylation is 2. The fraction of sp³-hybridized carbons (Fsp3) is 0.583. The first-order valence-electron chi connectivity index (χ1n) is 11.2. The molecule has 0 saturated carbocycles. The third-order valence-corrected chi connectivity index (χ3v) is 7.47. The summed E-state index contributed by atoms with van der Waals surface area (Å²) in [6.45, 7) is 6.81. The molecule has 4 heterocycles. The van der Waals surface area contributed by atoms with Gasteiger partial charge in [-0.15, -0.1) is 0 Å². The van der Waals surface area contributed by atoms with Crippen molar-refractivity contribution in [2.75, 3.05) is 13.1 Å². The van der Waals surface area contributed by atoms with Crippen molar-refractivity contribution in [2.45, 2.75) is 64.6 Å². The Bertz CT molecular complexity index is 923. The van der Waals surface area contributed by atoms with Crippen molar-refractivity contribution in [1.82, 2.24) is 15.0 Å². The quantitative estimate of drug-likeness (QED) is 0.766. The first-order valence-corrected chi connectivity index (χ1v) is 11.2. The van der Waals surface area contributed by atoms with Crippen LogP contribution in [0.3, 0.4) is 0 Å². The summed E-state index contributed by atoms with van der Waals surface area (Å²) in [4.78, 5) is 17.7. The van der Waals surface area contributed by atoms with Gasteiger partial charge in [0.2, 0.25) is 5.91 Å². The zero-order valence-electron chi connectivity index (χ0n) is 17.8. The fourth-order valence-electron chi connectivity index (χ4n) is 6.12. The van der Waals surface area contributed by atoms with Gasteiger partial charge < -0.3 is 9.42 Å². The summed E-state index contributed by atoms with van der Waals surface area (Å²) in [5.41, 5.74) is 3.14. The summed E-state index contributed by atoms with van der Waals surface area (Å²) < 4.78 is 19.2. The van der Waals surface area contributed by atoms with Gasteiger partial charge in [-0.05, 0) is 69.1 Å². The molecule has 2 bridgehead atoms. The third-order valence-electron chi connectivity index (χ3n) is 7.47. The molecule has 6 heteroatoms. The molecule has 5 nitrogen and oxygen atoms in total. The smallest absolute Gasteiger partial charge is 0.223 e. The monoisotopic (exact) mass is 411 g/mol. The number of hydrogen-bond donors (Lipinski definition) is 0. The highest BCUT2D eigenvalue weighted by Gasteiger charge is 2.49. The molecule has 160 valence electrons. The molecule has 1 aromatic carbocycles. The van der Waals surface area contributed by atoms with Crippen LogP contribution < -0.4 is 0 Å². The molecular formula is C24H30FN3O2. The Morgan fingerprint density at radius 1 is 1.23 bits per heavy atom. The number of benzene rings is 1. The minimum absolute atomic E-state index is 0.147. The van der Waals surface area contributed by atoms with Crippen molar-refractivity contribution < 1.29 is 13.7 Å². The lowest BCUT2D eigenvalue weighted by atomic mass is 9.70. The molecule has 0 unspecified atom stereocenters. The highest BCUT2D eigenvalue weighted by Crippen LogP contribution is 2.43. The van der Waals surface area contributed by atoms with Gasteiger partial charge in [-0.25, -0.2) is 4.39 Å². The van der Waals surface area contributed by atoms with Crippen LogP contribution in [0, 0.1) is 31.5 Å². The van der Waals surface area contributed by atoms with E-state index in [-0.39, 0.29) is 11.9 Å². The van der Waals surface area contributed by atoms with Crippen molar-refractivity contribution in [3.63, 3.8) is 0 Å². The van der Waals surface area contributed by atoms with Crippen LogP contribution in [0.5, 0.6) is 0 Å². The summed E-state index contributed by atoms with van der Waals surface area (Å²) in [6, 6.07) is 7.34. The van der Waals surface area contributed by atoms with Crippen molar-refractivity contribution in [3.05, 3.63) is 52.7 Å². The van der Waals surface area contributed by atoms with Crippen LogP contribution in [0.2, 0.25) is 0 Å². The SMILES string of the molecule is Cc1noc(C)c1CN1C[C@H]2C[C@@H](C1)[C@H](Cc1cccc(F)c1)N1C(=O)CCC[C@@H]21. The summed E-state index contributed by atoms with van der Waals surface area (Å²) in [6.07, 6.45) is 4.61. The molecule has 3 aliphatic heterocycles. The summed E-state index contributed by atoms with van der Waals surface area (Å²) >= 11 is 0. The molecule has 3 fully saturated rings. The van der Waals surface area contributed by atoms with Gasteiger partial charge in [0.1, 0.15) is 11.6 Å². The van der Waals surface area contributed by atoms with Gasteiger partial charge in [0.05, 0.1) is 5.69 Å². The average Bonchev–Trinajstić information content (AvgIpc) is 3.03. The molecule has 3 saturated heterocycles. The zero-order valence-corrected chi connectivity index (χ0v) is 17.8. The second-order valence-corrected chi connectivity index (χ2v) is 9.41. The number of aromatic nitrogens is 1. The first-order chi connectivity index (χ1) is 14.5. The van der Waals surface area contributed by atoms with Gasteiger partial charge in [-0.1, -0.05) is 17.3 Å². The Morgan fingerprint density at radius 2 is 2.07 bits per heavy atom. The number of likely N-dealkylation sites (tertiary alicyclic amines) is 1. The second-order valence-electron chi connectivity index (χ2n) is 9.41. The topological polar surface area (TPSA) is 49.6 Å². The molecule has 0 aliphatic carbocycles. The summed E-state index contributed by atoms with van der Waals surface area (Å²) in [5.74, 6) is 1.91. The lowest BCUT2D eigenvalue weighted by molar-refractivity contribution is -0.152. The predicted molar refractivity (Wildman–Crippen MR) is 111 cm³/mol. The largest absolute Gasteiger partial charge is 0.361 e. The molecule has 0 spiro atoms. The van der Waals surface area contributed by atoms with E-state index in [0.717, 1.165) is 62.3 Å². The van der Waals surface area contributed by atoms with E-state index in [4.69, 9.17) is 4.52 Å². The molecular weight excluding hydrogens is 381 g/mol. The molecule has 0 radical (unpaired) electrons. The Balaban J connectivity index is 1.42. The van der Waals surface area contributed by atoms with E-state index in [9.17, 15) is 9.18 Å². The number of rotatable bonds is 4. The Hall–Kier alpha value is -2.21. The molecule has 2 aromatic rings. The van der Waals surface area contributed by atoms with Crippen LogP contribution in [0.4, 0.5) is 4.39 Å². The van der Waals surface area contributed by atoms with E-state index in [1.807, 2.05) is 19.9 Å². The standard InChI is InChI=1S/C24H30FN3O2/c1-15-21(16(2)30-26-15)14-27-12-18-11-19(13-27)23(10-17-5-3-6-20(25)9-17)28-22(18)7-4-8-24(28)29/h3,5-6,9,18-19,22-23H,4,7-8,10-14H2,1-2H3/t18-,19+,22+,23+/m1/s1. The van der Waals surface area contributed by atoms with Crippen molar-refractivity contribution >= 4 is 5.91 Å². The molecule has 5 rings (SSSR count). The van der Waals surface area contributed by atoms with E-state index in [2.05, 4.69) is 15.0 Å². The number of hydrogen-bond acceptors (Lipinski definition) is 4. The Morgan fingerprint density at radius 3 is 2.83 bits per heavy atom. The number of carbonyl (C=O) groups is 1. The number of amides is 1. The van der Waals surface area contributed by atoms with Crippen LogP contribution in [0.15, 0.2) is 28.8 Å². The molecule has 1 amide bonds. The zero-order chi connectivity index (χ0) is 20.8. The molecule has 3 aliphatic rings. The minimum atomic E-state index is -0.202. The lowest BCUT2D eigenvalue weighted by Gasteiger charge is -2.57. The number of carbonyl (C=O) groups excluding carboxylic acids is 1. The van der Waals surface area contributed by atoms with Gasteiger partial charge in [0, 0.05) is 43.7 Å². The maximum Gasteiger partial charge on any atom is 0.223 e. The highest BCUT2D eigenvalue weighted by molar-refractivity contribution is 5.78. The van der Waals surface area contributed by atoms with Crippen LogP contribution >= 0.6 is 0 Å². The average molecular weight is 412 g/mol. The fourth-order valence-corrected chi connectivity index (χ4v) is 6.12. The van der Waals surface area contributed by atoms with Crippen LogP contribution in [0.1, 0.15) is 48.3 Å². The maximum absolute atomic E-state index is 13.8. The van der Waals surface area contributed by atoms with Gasteiger partial charge in [-0.2, -0.15) is 0 Å². The number of fused-ring (bicyclic) bond motifs is 4. The number of nitrogens with zero attached hydrogens (tertiary/aromatic N) is 3. The van der Waals surface area contributed by atoms with E-state index < -0.39 is 0 Å². The predicted octanol–water partition coefficient (Wildman–Crippen LogP) is 3.87. The van der Waals surface area contributed by atoms with Gasteiger partial charge in [-0.3, -0.25) is 9.69 Å². The van der Waals surface area contributed by atoms with Crippen molar-refractivity contribution in [3.8, 4) is 0 Å². The number of piperidine rings is 3. The molecule has 30 heavy (non-hydrogen) atoms. The van der Waals surface area contributed by atoms with E-state index >= 15 is 0 Å². The van der Waals surface area contributed by atoms with E-state index in [1.54, 1.807) is 12.1 Å². The lowest BCUT2D eigenvalue weighted by Crippen LogP contribution is -2.65. The molecule has 4 atom stereocenters. The van der Waals surface area contributed by atoms with E-state index in [0.29, 0.717) is 30.2 Å². The molecule has 1 aromatic heterocycles. The van der Waals surface area contributed by atoms with Crippen LogP contribution in [0.25, 0.3) is 0 Å². The van der Waals surface area contributed by atoms with Gasteiger partial charge in [0.25, 0.3) is 0 Å². The Labute approximate surface area is 177 Å². The third kappa shape index (κ3) is 3.55. The Kier molecular flexibility index (Phi) is 5.13. The second kappa shape index (κ2) is 7.80. The summed E-state index contributed by atoms with van der Waals surface area (Å²) in [5, 5.41) is 4.12. The highest BCUT2D eigenvalue weighted by atomic mass is 19.1. The first kappa shape index (κ1) is 19.7. The van der Waals surface area contributed by atoms with Crippen LogP contribution in [-0.4, -0.2) is 46.0 Å². The normalized spacial score (nSPS) is 29.2. The van der Waals surface area contributed by atoms with Crippen molar-refractivity contribution in [1.29, 1.82) is 0 Å². The minimum Gasteiger partial charge on any atom is -0.361 e. The molecule has 0 N–H and O–H groups in total. The number of halogens is 1.